The zero-order valence-electron chi connectivity index (χ0n) is 11.7. The SMILES string of the molecule is CN=C(NCc1cc(Br)cs1)N1CCC2(CCOC2)C1. The van der Waals surface area contributed by atoms with E-state index in [0.29, 0.717) is 5.41 Å². The molecule has 1 aromatic rings. The Morgan fingerprint density at radius 2 is 2.50 bits per heavy atom. The Hall–Kier alpha value is -0.590. The number of likely N-dealkylation sites (tertiary alicyclic amines) is 1. The second-order valence-electron chi connectivity index (χ2n) is 5.61. The van der Waals surface area contributed by atoms with Gasteiger partial charge in [0.1, 0.15) is 0 Å². The summed E-state index contributed by atoms with van der Waals surface area (Å²) in [6.07, 6.45) is 2.41. The summed E-state index contributed by atoms with van der Waals surface area (Å²) in [6, 6.07) is 2.15. The minimum atomic E-state index is 0.379. The van der Waals surface area contributed by atoms with Crippen molar-refractivity contribution < 1.29 is 4.74 Å². The van der Waals surface area contributed by atoms with Gasteiger partial charge < -0.3 is 15.0 Å². The smallest absolute Gasteiger partial charge is 0.193 e. The van der Waals surface area contributed by atoms with E-state index < -0.39 is 0 Å². The van der Waals surface area contributed by atoms with Crippen molar-refractivity contribution in [2.45, 2.75) is 19.4 Å². The minimum Gasteiger partial charge on any atom is -0.381 e. The normalized spacial score (nSPS) is 26.7. The van der Waals surface area contributed by atoms with Crippen LogP contribution in [0.3, 0.4) is 0 Å². The number of rotatable bonds is 2. The molecule has 0 bridgehead atoms. The van der Waals surface area contributed by atoms with Crippen molar-refractivity contribution in [3.8, 4) is 0 Å². The van der Waals surface area contributed by atoms with Gasteiger partial charge in [-0.05, 0) is 34.8 Å². The van der Waals surface area contributed by atoms with E-state index in [0.717, 1.165) is 43.3 Å². The summed E-state index contributed by atoms with van der Waals surface area (Å²) < 4.78 is 6.74. The number of thiophene rings is 1. The molecule has 3 rings (SSSR count). The highest BCUT2D eigenvalue weighted by atomic mass is 79.9. The summed E-state index contributed by atoms with van der Waals surface area (Å²) in [4.78, 5) is 8.12. The molecular weight excluding hydrogens is 338 g/mol. The molecule has 2 saturated heterocycles. The highest BCUT2D eigenvalue weighted by Gasteiger charge is 2.42. The summed E-state index contributed by atoms with van der Waals surface area (Å²) in [5.41, 5.74) is 0.379. The molecule has 110 valence electrons. The lowest BCUT2D eigenvalue weighted by atomic mass is 9.87. The van der Waals surface area contributed by atoms with Crippen LogP contribution in [0.1, 0.15) is 17.7 Å². The summed E-state index contributed by atoms with van der Waals surface area (Å²) in [6.45, 7) is 4.82. The molecule has 4 nitrogen and oxygen atoms in total. The van der Waals surface area contributed by atoms with Crippen LogP contribution in [0.5, 0.6) is 0 Å². The van der Waals surface area contributed by atoms with Gasteiger partial charge in [0.2, 0.25) is 0 Å². The largest absolute Gasteiger partial charge is 0.381 e. The molecule has 1 N–H and O–H groups in total. The first-order valence-electron chi connectivity index (χ1n) is 6.97. The average molecular weight is 358 g/mol. The van der Waals surface area contributed by atoms with Gasteiger partial charge in [-0.2, -0.15) is 0 Å². The number of ether oxygens (including phenoxy) is 1. The van der Waals surface area contributed by atoms with Crippen LogP contribution in [0.4, 0.5) is 0 Å². The monoisotopic (exact) mass is 357 g/mol. The number of aliphatic imine (C=N–C) groups is 1. The third kappa shape index (κ3) is 3.02. The molecule has 0 aliphatic carbocycles. The lowest BCUT2D eigenvalue weighted by Gasteiger charge is -2.24. The highest BCUT2D eigenvalue weighted by Crippen LogP contribution is 2.38. The Morgan fingerprint density at radius 3 is 3.15 bits per heavy atom. The molecule has 1 unspecified atom stereocenters. The van der Waals surface area contributed by atoms with Crippen molar-refractivity contribution in [1.82, 2.24) is 10.2 Å². The van der Waals surface area contributed by atoms with Crippen molar-refractivity contribution in [2.24, 2.45) is 10.4 Å². The fraction of sp³-hybridized carbons (Fsp3) is 0.643. The van der Waals surface area contributed by atoms with Gasteiger partial charge in [-0.25, -0.2) is 0 Å². The van der Waals surface area contributed by atoms with Crippen molar-refractivity contribution in [1.29, 1.82) is 0 Å². The topological polar surface area (TPSA) is 36.9 Å². The standard InChI is InChI=1S/C14H20BrN3OS/c1-16-13(17-7-12-6-11(15)8-20-12)18-4-2-14(9-18)3-5-19-10-14/h6,8H,2-5,7,9-10H2,1H3,(H,16,17). The van der Waals surface area contributed by atoms with Gasteiger partial charge in [-0.3, -0.25) is 4.99 Å². The molecule has 3 heterocycles. The Morgan fingerprint density at radius 1 is 1.60 bits per heavy atom. The maximum atomic E-state index is 5.59. The van der Waals surface area contributed by atoms with Gasteiger partial charge in [-0.15, -0.1) is 11.3 Å². The van der Waals surface area contributed by atoms with Gasteiger partial charge in [-0.1, -0.05) is 0 Å². The molecule has 2 aliphatic heterocycles. The van der Waals surface area contributed by atoms with Gasteiger partial charge in [0.15, 0.2) is 5.96 Å². The first-order valence-corrected chi connectivity index (χ1v) is 8.64. The molecule has 6 heteroatoms. The second kappa shape index (κ2) is 6.03. The van der Waals surface area contributed by atoms with Crippen LogP contribution in [0.2, 0.25) is 0 Å². The number of guanidine groups is 1. The summed E-state index contributed by atoms with van der Waals surface area (Å²) in [5, 5.41) is 5.58. The van der Waals surface area contributed by atoms with Crippen molar-refractivity contribution in [2.75, 3.05) is 33.4 Å². The van der Waals surface area contributed by atoms with E-state index in [2.05, 4.69) is 42.6 Å². The van der Waals surface area contributed by atoms with Crippen molar-refractivity contribution in [3.05, 3.63) is 20.8 Å². The second-order valence-corrected chi connectivity index (χ2v) is 7.52. The van der Waals surface area contributed by atoms with Gasteiger partial charge in [0, 0.05) is 46.9 Å². The predicted molar refractivity (Wildman–Crippen MR) is 86.3 cm³/mol. The molecular formula is C14H20BrN3OS. The third-order valence-electron chi connectivity index (χ3n) is 4.18. The first kappa shape index (κ1) is 14.4. The molecule has 1 aromatic heterocycles. The van der Waals surface area contributed by atoms with Crippen LogP contribution < -0.4 is 5.32 Å². The minimum absolute atomic E-state index is 0.379. The van der Waals surface area contributed by atoms with Crippen molar-refractivity contribution >= 4 is 33.2 Å². The Kier molecular flexibility index (Phi) is 4.33. The lowest BCUT2D eigenvalue weighted by Crippen LogP contribution is -2.41. The van der Waals surface area contributed by atoms with Gasteiger partial charge in [0.05, 0.1) is 13.2 Å². The van der Waals surface area contributed by atoms with E-state index in [1.807, 2.05) is 7.05 Å². The molecule has 1 atom stereocenters. The zero-order valence-corrected chi connectivity index (χ0v) is 14.1. The number of nitrogens with zero attached hydrogens (tertiary/aromatic N) is 2. The Bertz CT molecular complexity index is 496. The molecule has 1 spiro atoms. The third-order valence-corrected chi connectivity index (χ3v) is 5.87. The van der Waals surface area contributed by atoms with Crippen LogP contribution in [-0.2, 0) is 11.3 Å². The highest BCUT2D eigenvalue weighted by molar-refractivity contribution is 9.10. The first-order chi connectivity index (χ1) is 9.71. The average Bonchev–Trinajstić information content (AvgIpc) is 3.15. The molecule has 0 amide bonds. The molecule has 20 heavy (non-hydrogen) atoms. The number of hydrogen-bond donors (Lipinski definition) is 1. The van der Waals surface area contributed by atoms with E-state index in [1.165, 1.54) is 17.7 Å². The van der Waals surface area contributed by atoms with E-state index in [4.69, 9.17) is 4.74 Å². The van der Waals surface area contributed by atoms with E-state index in [-0.39, 0.29) is 0 Å². The fourth-order valence-electron chi connectivity index (χ4n) is 3.03. The summed E-state index contributed by atoms with van der Waals surface area (Å²) >= 11 is 5.25. The maximum Gasteiger partial charge on any atom is 0.193 e. The van der Waals surface area contributed by atoms with Crippen LogP contribution in [0.25, 0.3) is 0 Å². The van der Waals surface area contributed by atoms with E-state index >= 15 is 0 Å². The number of nitrogens with one attached hydrogen (secondary N) is 1. The fourth-order valence-corrected chi connectivity index (χ4v) is 4.42. The van der Waals surface area contributed by atoms with Crippen molar-refractivity contribution in [3.63, 3.8) is 0 Å². The van der Waals surface area contributed by atoms with Gasteiger partial charge in [0.25, 0.3) is 0 Å². The lowest BCUT2D eigenvalue weighted by molar-refractivity contribution is 0.156. The predicted octanol–water partition coefficient (Wildman–Crippen LogP) is 2.70. The molecule has 2 aliphatic rings. The van der Waals surface area contributed by atoms with Crippen LogP contribution >= 0.6 is 27.3 Å². The quantitative estimate of drug-likeness (QED) is 0.653. The maximum absolute atomic E-state index is 5.59. The molecule has 0 radical (unpaired) electrons. The molecule has 2 fully saturated rings. The molecule has 0 saturated carbocycles. The van der Waals surface area contributed by atoms with E-state index in [1.54, 1.807) is 11.3 Å². The summed E-state index contributed by atoms with van der Waals surface area (Å²) in [7, 11) is 1.86. The zero-order chi connectivity index (χ0) is 14.0. The van der Waals surface area contributed by atoms with Crippen LogP contribution in [-0.4, -0.2) is 44.2 Å². The van der Waals surface area contributed by atoms with Crippen LogP contribution in [0.15, 0.2) is 20.9 Å². The van der Waals surface area contributed by atoms with Crippen LogP contribution in [0, 0.1) is 5.41 Å². The summed E-state index contributed by atoms with van der Waals surface area (Å²) in [5.74, 6) is 1.01. The van der Waals surface area contributed by atoms with E-state index in [9.17, 15) is 0 Å². The van der Waals surface area contributed by atoms with Gasteiger partial charge >= 0.3 is 0 Å². The Labute approximate surface area is 132 Å². The number of halogens is 1. The molecule has 0 aromatic carbocycles. The Balaban J connectivity index is 1.57. The number of hydrogen-bond acceptors (Lipinski definition) is 3.